The molecule has 0 radical (unpaired) electrons. The number of aromatic nitrogens is 2. The lowest BCUT2D eigenvalue weighted by atomic mass is 10.2. The Morgan fingerprint density at radius 3 is 2.83 bits per heavy atom. The molecule has 2 aromatic heterocycles. The molecule has 0 saturated heterocycles. The fourth-order valence-corrected chi connectivity index (χ4v) is 3.64. The topological polar surface area (TPSA) is 56.1 Å². The lowest BCUT2D eigenvalue weighted by Gasteiger charge is -2.03. The van der Waals surface area contributed by atoms with E-state index in [1.807, 2.05) is 60.1 Å². The van der Waals surface area contributed by atoms with Crippen molar-refractivity contribution >= 4 is 43.5 Å². The zero-order valence-corrected chi connectivity index (χ0v) is 14.1. The number of carbonyl (C=O) groups excluding carboxylic acids is 1. The molecule has 2 heterocycles. The molecule has 0 aliphatic heterocycles. The number of hydrogen-bond acceptors (Lipinski definition) is 4. The van der Waals surface area contributed by atoms with Gasteiger partial charge in [0.15, 0.2) is 5.13 Å². The number of rotatable bonds is 3. The lowest BCUT2D eigenvalue weighted by Crippen LogP contribution is -2.15. The summed E-state index contributed by atoms with van der Waals surface area (Å²) in [6.45, 7) is 0. The van der Waals surface area contributed by atoms with Crippen molar-refractivity contribution in [3.63, 3.8) is 0 Å². The van der Waals surface area contributed by atoms with E-state index in [0.29, 0.717) is 10.8 Å². The molecule has 0 aliphatic rings. The van der Waals surface area contributed by atoms with Gasteiger partial charge in [-0.05, 0) is 30.3 Å². The van der Waals surface area contributed by atoms with Crippen LogP contribution in [0.15, 0.2) is 48.5 Å². The molecule has 1 N–H and O–H groups in total. The maximum Gasteiger partial charge on any atom is 0.274 e. The van der Waals surface area contributed by atoms with Crippen LogP contribution in [-0.2, 0) is 7.05 Å². The summed E-state index contributed by atoms with van der Waals surface area (Å²) in [7, 11) is 3.52. The minimum absolute atomic E-state index is 0.167. The van der Waals surface area contributed by atoms with Crippen molar-refractivity contribution in [1.82, 2.24) is 9.55 Å². The molecule has 0 spiro atoms. The fourth-order valence-electron chi connectivity index (χ4n) is 2.75. The van der Waals surface area contributed by atoms with Gasteiger partial charge in [0.2, 0.25) is 0 Å². The summed E-state index contributed by atoms with van der Waals surface area (Å²) >= 11 is 1.43. The molecule has 6 heteroatoms. The number of aryl methyl sites for hydroxylation is 1. The van der Waals surface area contributed by atoms with Crippen molar-refractivity contribution in [3.8, 4) is 5.75 Å². The first-order chi connectivity index (χ1) is 11.7. The SMILES string of the molecule is COc1ccc2nc(NC(=O)c3cc4ccccc4n3C)sc2c1. The van der Waals surface area contributed by atoms with Gasteiger partial charge in [0.05, 0.1) is 17.3 Å². The number of ether oxygens (including phenoxy) is 1. The molecule has 24 heavy (non-hydrogen) atoms. The fraction of sp³-hybridized carbons (Fsp3) is 0.111. The Hall–Kier alpha value is -2.86. The summed E-state index contributed by atoms with van der Waals surface area (Å²) in [4.78, 5) is 17.1. The Morgan fingerprint density at radius 2 is 2.04 bits per heavy atom. The second-order valence-electron chi connectivity index (χ2n) is 5.45. The highest BCUT2D eigenvalue weighted by Crippen LogP contribution is 2.29. The van der Waals surface area contributed by atoms with Gasteiger partial charge in [-0.2, -0.15) is 0 Å². The molecular weight excluding hydrogens is 322 g/mol. The summed E-state index contributed by atoms with van der Waals surface area (Å²) in [6, 6.07) is 15.5. The average molecular weight is 337 g/mol. The highest BCUT2D eigenvalue weighted by atomic mass is 32.1. The molecule has 0 aliphatic carbocycles. The molecule has 4 aromatic rings. The highest BCUT2D eigenvalue weighted by molar-refractivity contribution is 7.22. The van der Waals surface area contributed by atoms with Gasteiger partial charge in [-0.1, -0.05) is 29.5 Å². The minimum atomic E-state index is -0.167. The highest BCUT2D eigenvalue weighted by Gasteiger charge is 2.15. The molecule has 1 amide bonds. The number of para-hydroxylation sites is 1. The van der Waals surface area contributed by atoms with E-state index in [1.165, 1.54) is 11.3 Å². The predicted molar refractivity (Wildman–Crippen MR) is 97.0 cm³/mol. The predicted octanol–water partition coefficient (Wildman–Crippen LogP) is 4.05. The van der Waals surface area contributed by atoms with Crippen LogP contribution >= 0.6 is 11.3 Å². The number of nitrogens with zero attached hydrogens (tertiary/aromatic N) is 2. The summed E-state index contributed by atoms with van der Waals surface area (Å²) < 4.78 is 8.08. The van der Waals surface area contributed by atoms with Crippen LogP contribution in [0, 0.1) is 0 Å². The van der Waals surface area contributed by atoms with E-state index in [4.69, 9.17) is 4.74 Å². The van der Waals surface area contributed by atoms with Gasteiger partial charge in [-0.15, -0.1) is 0 Å². The third kappa shape index (κ3) is 2.41. The summed E-state index contributed by atoms with van der Waals surface area (Å²) in [5.74, 6) is 0.609. The number of fused-ring (bicyclic) bond motifs is 2. The van der Waals surface area contributed by atoms with Gasteiger partial charge in [-0.25, -0.2) is 4.98 Å². The normalized spacial score (nSPS) is 11.1. The summed E-state index contributed by atoms with van der Waals surface area (Å²) in [6.07, 6.45) is 0. The Labute approximate surface area is 142 Å². The lowest BCUT2D eigenvalue weighted by molar-refractivity contribution is 0.102. The molecule has 120 valence electrons. The average Bonchev–Trinajstić information content (AvgIpc) is 3.15. The van der Waals surface area contributed by atoms with Crippen molar-refractivity contribution in [2.45, 2.75) is 0 Å². The molecule has 0 unspecified atom stereocenters. The van der Waals surface area contributed by atoms with E-state index in [-0.39, 0.29) is 5.91 Å². The van der Waals surface area contributed by atoms with E-state index >= 15 is 0 Å². The van der Waals surface area contributed by atoms with Crippen LogP contribution in [0.4, 0.5) is 5.13 Å². The van der Waals surface area contributed by atoms with Crippen molar-refractivity contribution in [3.05, 3.63) is 54.2 Å². The maximum atomic E-state index is 12.6. The molecule has 0 saturated carbocycles. The minimum Gasteiger partial charge on any atom is -0.497 e. The Bertz CT molecular complexity index is 1060. The number of benzene rings is 2. The van der Waals surface area contributed by atoms with Crippen LogP contribution in [0.3, 0.4) is 0 Å². The van der Waals surface area contributed by atoms with Crippen molar-refractivity contribution < 1.29 is 9.53 Å². The quantitative estimate of drug-likeness (QED) is 0.613. The first-order valence-electron chi connectivity index (χ1n) is 7.46. The second kappa shape index (κ2) is 5.65. The number of hydrogen-bond donors (Lipinski definition) is 1. The van der Waals surface area contributed by atoms with Crippen molar-refractivity contribution in [1.29, 1.82) is 0 Å². The monoisotopic (exact) mass is 337 g/mol. The number of carbonyl (C=O) groups is 1. The van der Waals surface area contributed by atoms with E-state index in [0.717, 1.165) is 26.9 Å². The van der Waals surface area contributed by atoms with Crippen LogP contribution in [0.25, 0.3) is 21.1 Å². The van der Waals surface area contributed by atoms with Gasteiger partial charge >= 0.3 is 0 Å². The first-order valence-corrected chi connectivity index (χ1v) is 8.28. The molecule has 2 aromatic carbocycles. The van der Waals surface area contributed by atoms with Crippen LogP contribution in [0.2, 0.25) is 0 Å². The van der Waals surface area contributed by atoms with E-state index in [1.54, 1.807) is 7.11 Å². The first kappa shape index (κ1) is 14.7. The number of thiazole rings is 1. The smallest absolute Gasteiger partial charge is 0.274 e. The van der Waals surface area contributed by atoms with Gasteiger partial charge in [0.25, 0.3) is 5.91 Å². The molecule has 0 bridgehead atoms. The zero-order chi connectivity index (χ0) is 16.7. The van der Waals surface area contributed by atoms with Crippen LogP contribution in [0.5, 0.6) is 5.75 Å². The number of methoxy groups -OCH3 is 1. The molecule has 0 fully saturated rings. The standard InChI is InChI=1S/C18H15N3O2S/c1-21-14-6-4-3-5-11(14)9-15(21)17(22)20-18-19-13-8-7-12(23-2)10-16(13)24-18/h3-10H,1-2H3,(H,19,20,22). The van der Waals surface area contributed by atoms with Gasteiger partial charge in [0, 0.05) is 18.0 Å². The summed E-state index contributed by atoms with van der Waals surface area (Å²) in [5, 5.41) is 4.51. The second-order valence-corrected chi connectivity index (χ2v) is 6.48. The van der Waals surface area contributed by atoms with Gasteiger partial charge < -0.3 is 9.30 Å². The van der Waals surface area contributed by atoms with Crippen molar-refractivity contribution in [2.24, 2.45) is 7.05 Å². The number of nitrogens with one attached hydrogen (secondary N) is 1. The van der Waals surface area contributed by atoms with Crippen LogP contribution in [0.1, 0.15) is 10.5 Å². The van der Waals surface area contributed by atoms with Gasteiger partial charge in [0.1, 0.15) is 11.4 Å². The number of anilines is 1. The Morgan fingerprint density at radius 1 is 1.21 bits per heavy atom. The van der Waals surface area contributed by atoms with Crippen LogP contribution < -0.4 is 10.1 Å². The van der Waals surface area contributed by atoms with E-state index in [9.17, 15) is 4.79 Å². The van der Waals surface area contributed by atoms with E-state index in [2.05, 4.69) is 10.3 Å². The molecule has 0 atom stereocenters. The van der Waals surface area contributed by atoms with E-state index < -0.39 is 0 Å². The maximum absolute atomic E-state index is 12.6. The zero-order valence-electron chi connectivity index (χ0n) is 13.2. The molecule has 4 rings (SSSR count). The van der Waals surface area contributed by atoms with Crippen LogP contribution in [-0.4, -0.2) is 22.6 Å². The third-order valence-electron chi connectivity index (χ3n) is 4.00. The summed E-state index contributed by atoms with van der Waals surface area (Å²) in [5.41, 5.74) is 2.47. The largest absolute Gasteiger partial charge is 0.497 e. The van der Waals surface area contributed by atoms with Gasteiger partial charge in [-0.3, -0.25) is 10.1 Å². The van der Waals surface area contributed by atoms with Crippen molar-refractivity contribution in [2.75, 3.05) is 12.4 Å². The Balaban J connectivity index is 1.66. The Kier molecular flexibility index (Phi) is 3.46. The number of amides is 1. The third-order valence-corrected chi connectivity index (χ3v) is 4.93. The molecule has 5 nitrogen and oxygen atoms in total. The molecular formula is C18H15N3O2S.